The molecule has 0 unspecified atom stereocenters. The fraction of sp³-hybridized carbons (Fsp3) is 0.389. The molecular weight excluding hydrogens is 306 g/mol. The highest BCUT2D eigenvalue weighted by atomic mass is 16.5. The van der Waals surface area contributed by atoms with Gasteiger partial charge in [-0.1, -0.05) is 12.1 Å². The summed E-state index contributed by atoms with van der Waals surface area (Å²) in [6, 6.07) is 9.25. The lowest BCUT2D eigenvalue weighted by molar-refractivity contribution is -0.148. The molecule has 0 aliphatic carbocycles. The molecule has 2 rings (SSSR count). The summed E-state index contributed by atoms with van der Waals surface area (Å²) in [6.45, 7) is 1.09. The van der Waals surface area contributed by atoms with E-state index in [0.29, 0.717) is 13.1 Å². The second-order valence-electron chi connectivity index (χ2n) is 5.82. The quantitative estimate of drug-likeness (QED) is 0.468. The highest BCUT2D eigenvalue weighted by molar-refractivity contribution is 5.98. The lowest BCUT2D eigenvalue weighted by Gasteiger charge is -2.14. The smallest absolute Gasteiger partial charge is 0.349 e. The summed E-state index contributed by atoms with van der Waals surface area (Å²) < 4.78 is 4.97. The first-order valence-corrected chi connectivity index (χ1v) is 7.85. The summed E-state index contributed by atoms with van der Waals surface area (Å²) in [5.41, 5.74) is 1.62. The van der Waals surface area contributed by atoms with Crippen LogP contribution in [-0.2, 0) is 14.3 Å². The largest absolute Gasteiger partial charge is 0.451 e. The van der Waals surface area contributed by atoms with Crippen molar-refractivity contribution in [2.45, 2.75) is 12.8 Å². The number of hydrogen-bond acceptors (Lipinski definition) is 5. The number of carbonyl (C=O) groups is 2. The van der Waals surface area contributed by atoms with Gasteiger partial charge < -0.3 is 14.5 Å². The van der Waals surface area contributed by atoms with Crippen LogP contribution in [0, 0.1) is 11.3 Å². The predicted molar refractivity (Wildman–Crippen MR) is 91.1 cm³/mol. The van der Waals surface area contributed by atoms with Crippen molar-refractivity contribution in [3.05, 3.63) is 35.4 Å². The monoisotopic (exact) mass is 327 g/mol. The molecule has 1 heterocycles. The van der Waals surface area contributed by atoms with E-state index in [2.05, 4.69) is 0 Å². The Hall–Kier alpha value is -2.81. The minimum absolute atomic E-state index is 0.123. The molecule has 1 amide bonds. The minimum Gasteiger partial charge on any atom is -0.451 e. The van der Waals surface area contributed by atoms with Crippen LogP contribution in [0.15, 0.2) is 29.8 Å². The number of nitrogens with zero attached hydrogens (tertiary/aromatic N) is 3. The molecule has 0 saturated carbocycles. The van der Waals surface area contributed by atoms with Crippen molar-refractivity contribution in [3.8, 4) is 6.07 Å². The van der Waals surface area contributed by atoms with E-state index in [1.165, 1.54) is 6.08 Å². The predicted octanol–water partition coefficient (Wildman–Crippen LogP) is 1.83. The molecule has 6 heteroatoms. The van der Waals surface area contributed by atoms with Gasteiger partial charge in [-0.15, -0.1) is 0 Å². The first-order chi connectivity index (χ1) is 11.5. The Kier molecular flexibility index (Phi) is 5.96. The van der Waals surface area contributed by atoms with Crippen LogP contribution in [0.2, 0.25) is 0 Å². The molecule has 0 N–H and O–H groups in total. The van der Waals surface area contributed by atoms with E-state index in [-0.39, 0.29) is 18.1 Å². The summed E-state index contributed by atoms with van der Waals surface area (Å²) in [4.78, 5) is 27.5. The first-order valence-electron chi connectivity index (χ1n) is 7.85. The molecule has 126 valence electrons. The molecule has 1 fully saturated rings. The Morgan fingerprint density at radius 2 is 1.88 bits per heavy atom. The number of carbonyl (C=O) groups excluding carboxylic acids is 2. The number of esters is 1. The first kappa shape index (κ1) is 17.5. The number of hydrogen-bond donors (Lipinski definition) is 0. The molecule has 0 atom stereocenters. The van der Waals surface area contributed by atoms with Gasteiger partial charge >= 0.3 is 5.97 Å². The van der Waals surface area contributed by atoms with E-state index in [0.717, 1.165) is 24.1 Å². The van der Waals surface area contributed by atoms with Crippen molar-refractivity contribution in [1.82, 2.24) is 4.90 Å². The van der Waals surface area contributed by atoms with Crippen LogP contribution in [0.4, 0.5) is 5.69 Å². The molecule has 0 radical (unpaired) electrons. The molecule has 24 heavy (non-hydrogen) atoms. The van der Waals surface area contributed by atoms with Crippen molar-refractivity contribution in [3.63, 3.8) is 0 Å². The second kappa shape index (κ2) is 8.16. The summed E-state index contributed by atoms with van der Waals surface area (Å²) in [5.74, 6) is -0.991. The molecular formula is C18H21N3O3. The standard InChI is InChI=1S/C18H21N3O3/c1-20(2)16-7-5-14(6-8-16)11-15(12-19)18(23)24-13-17(22)21-9-3-4-10-21/h5-8,11H,3-4,9-10,13H2,1-2H3/b15-11+. The van der Waals surface area contributed by atoms with Crippen LogP contribution in [0.1, 0.15) is 18.4 Å². The maximum atomic E-state index is 12.0. The fourth-order valence-electron chi connectivity index (χ4n) is 2.44. The van der Waals surface area contributed by atoms with Gasteiger partial charge in [0, 0.05) is 32.9 Å². The molecule has 1 aromatic rings. The zero-order valence-corrected chi connectivity index (χ0v) is 14.0. The van der Waals surface area contributed by atoms with Crippen LogP contribution in [-0.4, -0.2) is 50.6 Å². The molecule has 1 aliphatic rings. The van der Waals surface area contributed by atoms with E-state index in [1.54, 1.807) is 4.90 Å². The van der Waals surface area contributed by atoms with Crippen LogP contribution in [0.25, 0.3) is 6.08 Å². The summed E-state index contributed by atoms with van der Waals surface area (Å²) in [5, 5.41) is 9.15. The third-order valence-electron chi connectivity index (χ3n) is 3.85. The van der Waals surface area contributed by atoms with E-state index in [1.807, 2.05) is 49.3 Å². The van der Waals surface area contributed by atoms with Gasteiger partial charge in [-0.05, 0) is 36.6 Å². The molecule has 1 aromatic carbocycles. The van der Waals surface area contributed by atoms with Gasteiger partial charge in [-0.25, -0.2) is 4.79 Å². The van der Waals surface area contributed by atoms with Gasteiger partial charge in [0.2, 0.25) is 0 Å². The van der Waals surface area contributed by atoms with Crippen molar-refractivity contribution in [2.75, 3.05) is 38.7 Å². The maximum absolute atomic E-state index is 12.0. The van der Waals surface area contributed by atoms with Gasteiger partial charge in [-0.3, -0.25) is 4.79 Å². The normalized spacial score (nSPS) is 14.2. The van der Waals surface area contributed by atoms with Gasteiger partial charge in [0.15, 0.2) is 6.61 Å². The van der Waals surface area contributed by atoms with Crippen LogP contribution >= 0.6 is 0 Å². The Bertz CT molecular complexity index is 666. The highest BCUT2D eigenvalue weighted by Crippen LogP contribution is 2.15. The SMILES string of the molecule is CN(C)c1ccc(/C=C(\C#N)C(=O)OCC(=O)N2CCCC2)cc1. The van der Waals surface area contributed by atoms with Crippen molar-refractivity contribution < 1.29 is 14.3 Å². The molecule has 1 saturated heterocycles. The highest BCUT2D eigenvalue weighted by Gasteiger charge is 2.20. The zero-order chi connectivity index (χ0) is 17.5. The maximum Gasteiger partial charge on any atom is 0.349 e. The van der Waals surface area contributed by atoms with Gasteiger partial charge in [0.1, 0.15) is 11.6 Å². The van der Waals surface area contributed by atoms with Crippen LogP contribution < -0.4 is 4.90 Å². The van der Waals surface area contributed by atoms with E-state index in [9.17, 15) is 9.59 Å². The Morgan fingerprint density at radius 1 is 1.25 bits per heavy atom. The molecule has 0 spiro atoms. The van der Waals surface area contributed by atoms with Gasteiger partial charge in [0.25, 0.3) is 5.91 Å². The number of nitriles is 1. The fourth-order valence-corrected chi connectivity index (χ4v) is 2.44. The molecule has 0 bridgehead atoms. The molecule has 0 aromatic heterocycles. The average Bonchev–Trinajstić information content (AvgIpc) is 3.12. The number of anilines is 1. The summed E-state index contributed by atoms with van der Waals surface area (Å²) >= 11 is 0. The number of amides is 1. The van der Waals surface area contributed by atoms with E-state index in [4.69, 9.17) is 10.00 Å². The summed E-state index contributed by atoms with van der Waals surface area (Å²) in [7, 11) is 3.86. The zero-order valence-electron chi connectivity index (χ0n) is 14.0. The van der Waals surface area contributed by atoms with Gasteiger partial charge in [0.05, 0.1) is 0 Å². The van der Waals surface area contributed by atoms with Crippen molar-refractivity contribution in [2.24, 2.45) is 0 Å². The minimum atomic E-state index is -0.776. The summed E-state index contributed by atoms with van der Waals surface area (Å²) in [6.07, 6.45) is 3.42. The van der Waals surface area contributed by atoms with Gasteiger partial charge in [-0.2, -0.15) is 5.26 Å². The van der Waals surface area contributed by atoms with Crippen LogP contribution in [0.3, 0.4) is 0 Å². The third kappa shape index (κ3) is 4.59. The van der Waals surface area contributed by atoms with Crippen molar-refractivity contribution in [1.29, 1.82) is 5.26 Å². The van der Waals surface area contributed by atoms with E-state index >= 15 is 0 Å². The topological polar surface area (TPSA) is 73.6 Å². The lowest BCUT2D eigenvalue weighted by Crippen LogP contribution is -2.32. The Balaban J connectivity index is 1.97. The number of likely N-dealkylation sites (tertiary alicyclic amines) is 1. The number of ether oxygens (including phenoxy) is 1. The lowest BCUT2D eigenvalue weighted by atomic mass is 10.1. The van der Waals surface area contributed by atoms with E-state index < -0.39 is 5.97 Å². The van der Waals surface area contributed by atoms with Crippen LogP contribution in [0.5, 0.6) is 0 Å². The third-order valence-corrected chi connectivity index (χ3v) is 3.85. The average molecular weight is 327 g/mol. The van der Waals surface area contributed by atoms with Crippen molar-refractivity contribution >= 4 is 23.6 Å². The Morgan fingerprint density at radius 3 is 2.42 bits per heavy atom. The Labute approximate surface area is 141 Å². The second-order valence-corrected chi connectivity index (χ2v) is 5.82. The number of benzene rings is 1. The molecule has 6 nitrogen and oxygen atoms in total. The number of rotatable bonds is 5. The molecule has 1 aliphatic heterocycles.